The molecule has 0 atom stereocenters. The van der Waals surface area contributed by atoms with Crippen molar-refractivity contribution in [3.05, 3.63) is 65.7 Å². The number of aromatic nitrogens is 2. The van der Waals surface area contributed by atoms with E-state index in [0.717, 1.165) is 32.7 Å². The van der Waals surface area contributed by atoms with Gasteiger partial charge in [0, 0.05) is 49.1 Å². The van der Waals surface area contributed by atoms with Crippen LogP contribution in [-0.2, 0) is 9.53 Å². The molecule has 0 bridgehead atoms. The van der Waals surface area contributed by atoms with Crippen LogP contribution in [0.15, 0.2) is 54.9 Å². The summed E-state index contributed by atoms with van der Waals surface area (Å²) in [5, 5.41) is 6.72. The molecule has 7 nitrogen and oxygen atoms in total. The number of carbonyl (C=O) groups excluding carboxylic acids is 1. The summed E-state index contributed by atoms with van der Waals surface area (Å²) < 4.78 is 18.9. The van der Waals surface area contributed by atoms with Crippen molar-refractivity contribution in [2.75, 3.05) is 43.5 Å². The van der Waals surface area contributed by atoms with Gasteiger partial charge >= 0.3 is 0 Å². The van der Waals surface area contributed by atoms with E-state index < -0.39 is 5.82 Å². The smallest absolute Gasteiger partial charge is 0.248 e. The first-order chi connectivity index (χ1) is 15.6. The number of hydrogen-bond acceptors (Lipinski definition) is 6. The molecule has 1 saturated heterocycles. The van der Waals surface area contributed by atoms with Gasteiger partial charge in [-0.2, -0.15) is 0 Å². The number of hydrogen-bond donors (Lipinski definition) is 2. The zero-order chi connectivity index (χ0) is 22.3. The second-order valence-electron chi connectivity index (χ2n) is 7.37. The van der Waals surface area contributed by atoms with Gasteiger partial charge in [-0.15, -0.1) is 0 Å². The van der Waals surface area contributed by atoms with Crippen molar-refractivity contribution in [3.8, 4) is 0 Å². The van der Waals surface area contributed by atoms with Crippen LogP contribution in [0, 0.1) is 5.82 Å². The average molecular weight is 456 g/mol. The lowest BCUT2D eigenvalue weighted by Crippen LogP contribution is -2.26. The van der Waals surface area contributed by atoms with Gasteiger partial charge in [-0.25, -0.2) is 14.4 Å². The number of anilines is 3. The van der Waals surface area contributed by atoms with Gasteiger partial charge in [0.2, 0.25) is 5.91 Å². The first-order valence-corrected chi connectivity index (χ1v) is 10.7. The molecule has 1 amide bonds. The van der Waals surface area contributed by atoms with Crippen molar-refractivity contribution in [2.45, 2.75) is 6.42 Å². The maximum Gasteiger partial charge on any atom is 0.248 e. The molecular formula is C23H23ClFN5O2. The van der Waals surface area contributed by atoms with Gasteiger partial charge in [0.1, 0.15) is 18.0 Å². The van der Waals surface area contributed by atoms with Crippen LogP contribution in [0.1, 0.15) is 6.42 Å². The Balaban J connectivity index is 1.45. The summed E-state index contributed by atoms with van der Waals surface area (Å²) >= 11 is 5.87. The Labute approximate surface area is 190 Å². The van der Waals surface area contributed by atoms with Gasteiger partial charge < -0.3 is 15.4 Å². The van der Waals surface area contributed by atoms with E-state index in [2.05, 4.69) is 25.5 Å². The quantitative estimate of drug-likeness (QED) is 0.537. The fraction of sp³-hybridized carbons (Fsp3) is 0.261. The van der Waals surface area contributed by atoms with Gasteiger partial charge in [0.25, 0.3) is 0 Å². The molecule has 2 N–H and O–H groups in total. The van der Waals surface area contributed by atoms with Gasteiger partial charge in [-0.1, -0.05) is 17.7 Å². The van der Waals surface area contributed by atoms with Crippen molar-refractivity contribution in [2.24, 2.45) is 0 Å². The molecule has 4 rings (SSSR count). The minimum atomic E-state index is -0.494. The first kappa shape index (κ1) is 22.1. The molecule has 0 unspecified atom stereocenters. The highest BCUT2D eigenvalue weighted by Gasteiger charge is 2.09. The number of benzene rings is 2. The Morgan fingerprint density at radius 2 is 2.03 bits per heavy atom. The maximum atomic E-state index is 13.4. The summed E-state index contributed by atoms with van der Waals surface area (Å²) in [7, 11) is 0. The lowest BCUT2D eigenvalue weighted by molar-refractivity contribution is -0.111. The van der Waals surface area contributed by atoms with Crippen LogP contribution in [0.25, 0.3) is 10.9 Å². The summed E-state index contributed by atoms with van der Waals surface area (Å²) in [6.45, 7) is 4.05. The fourth-order valence-corrected chi connectivity index (χ4v) is 3.60. The molecule has 3 aromatic rings. The second-order valence-corrected chi connectivity index (χ2v) is 7.77. The van der Waals surface area contributed by atoms with Crippen LogP contribution in [0.3, 0.4) is 0 Å². The summed E-state index contributed by atoms with van der Waals surface area (Å²) in [5.74, 6) is -0.188. The summed E-state index contributed by atoms with van der Waals surface area (Å²) in [6, 6.07) is 9.72. The van der Waals surface area contributed by atoms with Gasteiger partial charge in [0.15, 0.2) is 0 Å². The Hall–Kier alpha value is -3.07. The number of nitrogens with zero attached hydrogens (tertiary/aromatic N) is 3. The number of fused-ring (bicyclic) bond motifs is 1. The Kier molecular flexibility index (Phi) is 7.26. The monoisotopic (exact) mass is 455 g/mol. The third kappa shape index (κ3) is 5.79. The Morgan fingerprint density at radius 1 is 1.16 bits per heavy atom. The van der Waals surface area contributed by atoms with E-state index in [1.54, 1.807) is 24.3 Å². The number of nitrogens with one attached hydrogen (secondary N) is 2. The van der Waals surface area contributed by atoms with E-state index in [-0.39, 0.29) is 10.9 Å². The van der Waals surface area contributed by atoms with Crippen LogP contribution in [0.5, 0.6) is 0 Å². The Morgan fingerprint density at radius 3 is 2.91 bits per heavy atom. The molecule has 1 aromatic heterocycles. The van der Waals surface area contributed by atoms with E-state index in [1.807, 2.05) is 6.08 Å². The Bertz CT molecular complexity index is 1130. The molecule has 1 aliphatic rings. The topological polar surface area (TPSA) is 79.4 Å². The van der Waals surface area contributed by atoms with Crippen molar-refractivity contribution in [1.29, 1.82) is 0 Å². The van der Waals surface area contributed by atoms with Crippen molar-refractivity contribution in [3.63, 3.8) is 0 Å². The minimum Gasteiger partial charge on any atom is -0.380 e. The standard InChI is InChI=1S/C23H23ClFN5O2/c24-19-14-17(4-6-20(19)25)29-23-18-13-16(5-7-21(18)26-15-27-23)28-22(31)3-1-8-30-9-2-11-32-12-10-30/h1,3-7,13-15H,2,8-12H2,(H,28,31)(H,26,27,29)/b3-1+. The molecule has 9 heteroatoms. The zero-order valence-electron chi connectivity index (χ0n) is 17.4. The highest BCUT2D eigenvalue weighted by molar-refractivity contribution is 6.31. The molecule has 0 saturated carbocycles. The highest BCUT2D eigenvalue weighted by Crippen LogP contribution is 2.27. The van der Waals surface area contributed by atoms with Crippen LogP contribution in [-0.4, -0.2) is 53.6 Å². The summed E-state index contributed by atoms with van der Waals surface area (Å²) in [6.07, 6.45) is 5.83. The molecule has 0 spiro atoms. The largest absolute Gasteiger partial charge is 0.380 e. The summed E-state index contributed by atoms with van der Waals surface area (Å²) in [4.78, 5) is 23.2. The summed E-state index contributed by atoms with van der Waals surface area (Å²) in [5.41, 5.74) is 1.91. The van der Waals surface area contributed by atoms with Gasteiger partial charge in [-0.05, 0) is 42.8 Å². The molecule has 2 aromatic carbocycles. The number of ether oxygens (including phenoxy) is 1. The number of halogens is 2. The van der Waals surface area contributed by atoms with E-state index in [0.29, 0.717) is 34.6 Å². The predicted octanol–water partition coefficient (Wildman–Crippen LogP) is 4.38. The SMILES string of the molecule is O=C(/C=C/CN1CCCOCC1)Nc1ccc2ncnc(Nc3ccc(F)c(Cl)c3)c2c1. The predicted molar refractivity (Wildman–Crippen MR) is 124 cm³/mol. The van der Waals surface area contributed by atoms with Crippen LogP contribution >= 0.6 is 11.6 Å². The molecule has 2 heterocycles. The van der Waals surface area contributed by atoms with E-state index in [9.17, 15) is 9.18 Å². The molecule has 32 heavy (non-hydrogen) atoms. The van der Waals surface area contributed by atoms with Crippen molar-refractivity contribution < 1.29 is 13.9 Å². The molecule has 1 aliphatic heterocycles. The van der Waals surface area contributed by atoms with Crippen molar-refractivity contribution in [1.82, 2.24) is 14.9 Å². The van der Waals surface area contributed by atoms with E-state index in [1.165, 1.54) is 24.5 Å². The molecular weight excluding hydrogens is 433 g/mol. The third-order valence-corrected chi connectivity index (χ3v) is 5.32. The lowest BCUT2D eigenvalue weighted by atomic mass is 10.2. The minimum absolute atomic E-state index is 0.0146. The number of carbonyl (C=O) groups is 1. The zero-order valence-corrected chi connectivity index (χ0v) is 18.1. The fourth-order valence-electron chi connectivity index (χ4n) is 3.42. The normalized spacial score (nSPS) is 15.1. The van der Waals surface area contributed by atoms with Crippen LogP contribution < -0.4 is 10.6 Å². The second kappa shape index (κ2) is 10.5. The highest BCUT2D eigenvalue weighted by atomic mass is 35.5. The average Bonchev–Trinajstić information content (AvgIpc) is 3.06. The first-order valence-electron chi connectivity index (χ1n) is 10.3. The van der Waals surface area contributed by atoms with Crippen LogP contribution in [0.4, 0.5) is 21.6 Å². The van der Waals surface area contributed by atoms with Crippen LogP contribution in [0.2, 0.25) is 5.02 Å². The molecule has 0 aliphatic carbocycles. The van der Waals surface area contributed by atoms with Crippen molar-refractivity contribution >= 4 is 45.6 Å². The molecule has 1 fully saturated rings. The van der Waals surface area contributed by atoms with Gasteiger partial charge in [0.05, 0.1) is 17.1 Å². The third-order valence-electron chi connectivity index (χ3n) is 5.03. The van der Waals surface area contributed by atoms with E-state index >= 15 is 0 Å². The van der Waals surface area contributed by atoms with Gasteiger partial charge in [-0.3, -0.25) is 9.69 Å². The number of amides is 1. The number of rotatable bonds is 6. The molecule has 0 radical (unpaired) electrons. The lowest BCUT2D eigenvalue weighted by Gasteiger charge is -2.16. The maximum absolute atomic E-state index is 13.4. The van der Waals surface area contributed by atoms with E-state index in [4.69, 9.17) is 16.3 Å². The molecule has 166 valence electrons.